The van der Waals surface area contributed by atoms with Crippen LogP contribution in [0.15, 0.2) is 59.8 Å². The Labute approximate surface area is 118 Å². The normalized spacial score (nSPS) is 10.1. The highest BCUT2D eigenvalue weighted by Gasteiger charge is 2.02. The molecular weight excluding hydrogens is 252 g/mol. The number of rotatable bonds is 2. The van der Waals surface area contributed by atoms with Crippen LogP contribution >= 0.6 is 11.9 Å². The third-order valence-corrected chi connectivity index (χ3v) is 3.64. The number of aryl methyl sites for hydroxylation is 1. The van der Waals surface area contributed by atoms with E-state index in [-0.39, 0.29) is 0 Å². The molecule has 0 atom stereocenters. The van der Waals surface area contributed by atoms with Crippen molar-refractivity contribution in [2.75, 3.05) is 0 Å². The maximum absolute atomic E-state index is 4.32. The summed E-state index contributed by atoms with van der Waals surface area (Å²) in [5.41, 5.74) is 3.47. The van der Waals surface area contributed by atoms with Crippen LogP contribution in [0.25, 0.3) is 11.0 Å². The Bertz CT molecular complexity index is 641. The zero-order valence-electron chi connectivity index (χ0n) is 11.5. The van der Waals surface area contributed by atoms with Crippen molar-refractivity contribution in [1.82, 2.24) is 8.96 Å². The smallest absolute Gasteiger partial charge is 0.0890 e. The first kappa shape index (κ1) is 13.7. The van der Waals surface area contributed by atoms with Gasteiger partial charge in [-0.3, -0.25) is 8.96 Å². The first-order valence-electron chi connectivity index (χ1n) is 6.50. The standard InChI is InChI=1S/C14H12N2S.C2H6/c1-11-4-6-12(7-5-11)17-16-10-8-13-14(16)3-2-9-15-13;1-2/h2-10H,1H3;1-2H3. The number of benzene rings is 1. The van der Waals surface area contributed by atoms with Crippen LogP contribution in [0, 0.1) is 6.92 Å². The zero-order valence-corrected chi connectivity index (χ0v) is 12.3. The first-order valence-corrected chi connectivity index (χ1v) is 7.27. The fraction of sp³-hybridized carbons (Fsp3) is 0.188. The molecule has 3 aromatic rings. The van der Waals surface area contributed by atoms with Crippen molar-refractivity contribution in [1.29, 1.82) is 0 Å². The third kappa shape index (κ3) is 3.18. The van der Waals surface area contributed by atoms with E-state index in [0.29, 0.717) is 0 Å². The van der Waals surface area contributed by atoms with E-state index in [9.17, 15) is 0 Å². The van der Waals surface area contributed by atoms with E-state index in [2.05, 4.69) is 52.4 Å². The lowest BCUT2D eigenvalue weighted by atomic mass is 10.2. The Balaban J connectivity index is 0.000000637. The summed E-state index contributed by atoms with van der Waals surface area (Å²) in [6.45, 7) is 6.10. The molecule has 0 saturated carbocycles. The van der Waals surface area contributed by atoms with Gasteiger partial charge in [0, 0.05) is 17.3 Å². The van der Waals surface area contributed by atoms with Crippen molar-refractivity contribution >= 4 is 23.0 Å². The van der Waals surface area contributed by atoms with Gasteiger partial charge in [0.05, 0.1) is 11.0 Å². The summed E-state index contributed by atoms with van der Waals surface area (Å²) in [6, 6.07) is 14.6. The van der Waals surface area contributed by atoms with Crippen molar-refractivity contribution in [2.24, 2.45) is 0 Å². The van der Waals surface area contributed by atoms with E-state index >= 15 is 0 Å². The van der Waals surface area contributed by atoms with Crippen LogP contribution in [0.4, 0.5) is 0 Å². The van der Waals surface area contributed by atoms with Crippen molar-refractivity contribution in [2.45, 2.75) is 25.7 Å². The summed E-state index contributed by atoms with van der Waals surface area (Å²) in [7, 11) is 0. The molecule has 0 aliphatic heterocycles. The van der Waals surface area contributed by atoms with Gasteiger partial charge in [0.2, 0.25) is 0 Å². The van der Waals surface area contributed by atoms with Crippen molar-refractivity contribution in [3.63, 3.8) is 0 Å². The quantitative estimate of drug-likeness (QED) is 0.657. The topological polar surface area (TPSA) is 17.8 Å². The van der Waals surface area contributed by atoms with Gasteiger partial charge in [0.15, 0.2) is 0 Å². The molecule has 0 aliphatic carbocycles. The molecule has 3 heteroatoms. The molecule has 0 N–H and O–H groups in total. The monoisotopic (exact) mass is 270 g/mol. The lowest BCUT2D eigenvalue weighted by molar-refractivity contribution is 1.30. The molecule has 1 aromatic carbocycles. The number of nitrogens with zero attached hydrogens (tertiary/aromatic N) is 2. The predicted molar refractivity (Wildman–Crippen MR) is 83.5 cm³/mol. The summed E-state index contributed by atoms with van der Waals surface area (Å²) in [5, 5.41) is 0. The molecule has 0 amide bonds. The van der Waals surface area contributed by atoms with Crippen molar-refractivity contribution in [3.8, 4) is 0 Å². The van der Waals surface area contributed by atoms with E-state index < -0.39 is 0 Å². The molecule has 0 fully saturated rings. The van der Waals surface area contributed by atoms with E-state index in [0.717, 1.165) is 11.0 Å². The van der Waals surface area contributed by atoms with Gasteiger partial charge < -0.3 is 0 Å². The van der Waals surface area contributed by atoms with Gasteiger partial charge >= 0.3 is 0 Å². The van der Waals surface area contributed by atoms with E-state index in [4.69, 9.17) is 0 Å². The van der Waals surface area contributed by atoms with Crippen LogP contribution in [0.5, 0.6) is 0 Å². The molecule has 0 radical (unpaired) electrons. The molecular formula is C16H18N2S. The fourth-order valence-electron chi connectivity index (χ4n) is 1.73. The summed E-state index contributed by atoms with van der Waals surface area (Å²) in [6.07, 6.45) is 3.88. The molecule has 98 valence electrons. The Kier molecular flexibility index (Phi) is 4.63. The average molecular weight is 270 g/mol. The fourth-order valence-corrected chi connectivity index (χ4v) is 2.59. The van der Waals surface area contributed by atoms with E-state index in [1.807, 2.05) is 32.2 Å². The highest BCUT2D eigenvalue weighted by atomic mass is 32.2. The Morgan fingerprint density at radius 1 is 1.00 bits per heavy atom. The second kappa shape index (κ2) is 6.43. The molecule has 0 aliphatic rings. The van der Waals surface area contributed by atoms with Gasteiger partial charge in [-0.2, -0.15) is 0 Å². The summed E-state index contributed by atoms with van der Waals surface area (Å²) < 4.78 is 2.15. The number of hydrogen-bond acceptors (Lipinski definition) is 2. The Morgan fingerprint density at radius 2 is 1.74 bits per heavy atom. The third-order valence-electron chi connectivity index (χ3n) is 2.65. The molecule has 2 heterocycles. The van der Waals surface area contributed by atoms with Crippen LogP contribution in [0.1, 0.15) is 19.4 Å². The van der Waals surface area contributed by atoms with Crippen molar-refractivity contribution < 1.29 is 0 Å². The number of hydrogen-bond donors (Lipinski definition) is 0. The molecule has 19 heavy (non-hydrogen) atoms. The molecule has 0 spiro atoms. The lowest BCUT2D eigenvalue weighted by Gasteiger charge is -2.04. The molecule has 0 unspecified atom stereocenters. The minimum absolute atomic E-state index is 1.03. The Hall–Kier alpha value is -1.74. The minimum Gasteiger partial charge on any atom is -0.285 e. The number of pyridine rings is 1. The molecule has 0 bridgehead atoms. The number of fused-ring (bicyclic) bond motifs is 1. The maximum Gasteiger partial charge on any atom is 0.0890 e. The van der Waals surface area contributed by atoms with Crippen LogP contribution in [0.3, 0.4) is 0 Å². The van der Waals surface area contributed by atoms with Gasteiger partial charge in [0.1, 0.15) is 0 Å². The SMILES string of the molecule is CC.Cc1ccc(Sn2ccc3ncccc32)cc1. The van der Waals surface area contributed by atoms with E-state index in [1.165, 1.54) is 10.5 Å². The highest BCUT2D eigenvalue weighted by Crippen LogP contribution is 2.25. The first-order chi connectivity index (χ1) is 9.33. The number of aromatic nitrogens is 2. The van der Waals surface area contributed by atoms with Gasteiger partial charge in [-0.05, 0) is 49.2 Å². The molecule has 2 nitrogen and oxygen atoms in total. The molecule has 3 rings (SSSR count). The van der Waals surface area contributed by atoms with Crippen molar-refractivity contribution in [3.05, 3.63) is 60.4 Å². The van der Waals surface area contributed by atoms with Gasteiger partial charge in [-0.15, -0.1) is 0 Å². The predicted octanol–water partition coefficient (Wildman–Crippen LogP) is 4.93. The second-order valence-corrected chi connectivity index (χ2v) is 5.00. The van der Waals surface area contributed by atoms with Gasteiger partial charge in [-0.25, -0.2) is 0 Å². The largest absolute Gasteiger partial charge is 0.285 e. The van der Waals surface area contributed by atoms with Crippen LogP contribution in [-0.4, -0.2) is 8.96 Å². The molecule has 2 aromatic heterocycles. The average Bonchev–Trinajstić information content (AvgIpc) is 2.87. The zero-order chi connectivity index (χ0) is 13.7. The van der Waals surface area contributed by atoms with E-state index in [1.54, 1.807) is 11.9 Å². The summed E-state index contributed by atoms with van der Waals surface area (Å²) in [5.74, 6) is 0. The Morgan fingerprint density at radius 3 is 2.47 bits per heavy atom. The maximum atomic E-state index is 4.32. The minimum atomic E-state index is 1.03. The second-order valence-electron chi connectivity index (χ2n) is 3.95. The van der Waals surface area contributed by atoms with Crippen LogP contribution in [-0.2, 0) is 0 Å². The van der Waals surface area contributed by atoms with Gasteiger partial charge in [-0.1, -0.05) is 31.5 Å². The lowest BCUT2D eigenvalue weighted by Crippen LogP contribution is -1.84. The molecule has 0 saturated heterocycles. The summed E-state index contributed by atoms with van der Waals surface area (Å²) >= 11 is 1.71. The van der Waals surface area contributed by atoms with Crippen LogP contribution < -0.4 is 0 Å². The summed E-state index contributed by atoms with van der Waals surface area (Å²) in [4.78, 5) is 5.56. The van der Waals surface area contributed by atoms with Crippen LogP contribution in [0.2, 0.25) is 0 Å². The van der Waals surface area contributed by atoms with Gasteiger partial charge in [0.25, 0.3) is 0 Å². The highest BCUT2D eigenvalue weighted by molar-refractivity contribution is 7.98.